The number of hydrogen-bond donors (Lipinski definition) is 1. The Balaban J connectivity index is 1.40. The lowest BCUT2D eigenvalue weighted by Gasteiger charge is -2.34. The molecule has 2 fully saturated rings. The molecule has 1 saturated carbocycles. The van der Waals surface area contributed by atoms with Crippen LogP contribution in [-0.4, -0.2) is 41.9 Å². The number of ether oxygens (including phenoxy) is 1. The second-order valence-electron chi connectivity index (χ2n) is 9.66. The number of para-hydroxylation sites is 1. The maximum Gasteiger partial charge on any atom is 0.263 e. The molecular weight excluding hydrogens is 388 g/mol. The molecule has 1 heterocycles. The van der Waals surface area contributed by atoms with Gasteiger partial charge in [-0.2, -0.15) is 0 Å². The molecule has 172 valence electrons. The smallest absolute Gasteiger partial charge is 0.263 e. The van der Waals surface area contributed by atoms with Crippen LogP contribution in [0.15, 0.2) is 24.3 Å². The molecule has 1 unspecified atom stereocenters. The summed E-state index contributed by atoms with van der Waals surface area (Å²) in [6.45, 7) is 7.43. The van der Waals surface area contributed by atoms with Crippen LogP contribution in [0.25, 0.3) is 0 Å². The van der Waals surface area contributed by atoms with E-state index in [9.17, 15) is 9.59 Å². The summed E-state index contributed by atoms with van der Waals surface area (Å²) >= 11 is 0. The lowest BCUT2D eigenvalue weighted by molar-refractivity contribution is -0.139. The third-order valence-electron chi connectivity index (χ3n) is 6.87. The highest BCUT2D eigenvalue weighted by molar-refractivity contribution is 5.81. The van der Waals surface area contributed by atoms with Gasteiger partial charge in [-0.05, 0) is 49.7 Å². The second-order valence-corrected chi connectivity index (χ2v) is 9.66. The van der Waals surface area contributed by atoms with Crippen LogP contribution >= 0.6 is 0 Å². The van der Waals surface area contributed by atoms with E-state index in [0.29, 0.717) is 25.4 Å². The Morgan fingerprint density at radius 3 is 2.39 bits per heavy atom. The molecule has 1 atom stereocenters. The Hall–Kier alpha value is -2.04. The van der Waals surface area contributed by atoms with Gasteiger partial charge < -0.3 is 15.0 Å². The molecule has 1 N–H and O–H groups in total. The van der Waals surface area contributed by atoms with Crippen LogP contribution in [0.3, 0.4) is 0 Å². The molecule has 0 spiro atoms. The highest BCUT2D eigenvalue weighted by atomic mass is 16.5. The van der Waals surface area contributed by atoms with Crippen molar-refractivity contribution in [2.24, 2.45) is 5.92 Å². The third-order valence-corrected chi connectivity index (χ3v) is 6.87. The minimum Gasteiger partial charge on any atom is -0.481 e. The summed E-state index contributed by atoms with van der Waals surface area (Å²) in [6, 6.07) is 8.12. The number of rotatable bonds is 8. The maximum absolute atomic E-state index is 12.9. The van der Waals surface area contributed by atoms with Gasteiger partial charge in [-0.1, -0.05) is 64.2 Å². The predicted molar refractivity (Wildman–Crippen MR) is 124 cm³/mol. The van der Waals surface area contributed by atoms with Gasteiger partial charge in [0.25, 0.3) is 5.91 Å². The van der Waals surface area contributed by atoms with Crippen LogP contribution < -0.4 is 10.1 Å². The average molecular weight is 429 g/mol. The largest absolute Gasteiger partial charge is 0.481 e. The third kappa shape index (κ3) is 6.98. The standard InChI is InChI=1S/C26H40N2O3/c1-19(2)23-11-7-8-12-24(23)31-20(3)26(30)28-17-15-22(16-18-28)27-25(29)14-13-21-9-5-4-6-10-21/h7-8,11-12,19-22H,4-6,9-10,13-18H2,1-3H3,(H,27,29). The molecule has 1 aliphatic carbocycles. The molecule has 1 aliphatic heterocycles. The fourth-order valence-electron chi connectivity index (χ4n) is 4.92. The zero-order valence-corrected chi connectivity index (χ0v) is 19.6. The van der Waals surface area contributed by atoms with Crippen molar-refractivity contribution in [1.82, 2.24) is 10.2 Å². The van der Waals surface area contributed by atoms with Crippen molar-refractivity contribution in [3.8, 4) is 5.75 Å². The van der Waals surface area contributed by atoms with Crippen LogP contribution in [0.1, 0.15) is 90.0 Å². The maximum atomic E-state index is 12.9. The Bertz CT molecular complexity index is 719. The number of amides is 2. The van der Waals surface area contributed by atoms with E-state index in [1.165, 1.54) is 32.1 Å². The molecule has 0 bridgehead atoms. The summed E-state index contributed by atoms with van der Waals surface area (Å²) in [7, 11) is 0. The molecule has 5 heteroatoms. The number of carbonyl (C=O) groups excluding carboxylic acids is 2. The fourth-order valence-corrected chi connectivity index (χ4v) is 4.92. The van der Waals surface area contributed by atoms with Gasteiger partial charge in [0.15, 0.2) is 6.10 Å². The van der Waals surface area contributed by atoms with Gasteiger partial charge in [0.05, 0.1) is 0 Å². The Labute approximate surface area is 187 Å². The minimum absolute atomic E-state index is 0.0284. The Morgan fingerprint density at radius 2 is 1.71 bits per heavy atom. The topological polar surface area (TPSA) is 58.6 Å². The zero-order chi connectivity index (χ0) is 22.2. The number of likely N-dealkylation sites (tertiary alicyclic amines) is 1. The normalized spacial score (nSPS) is 19.3. The summed E-state index contributed by atoms with van der Waals surface area (Å²) < 4.78 is 6.04. The summed E-state index contributed by atoms with van der Waals surface area (Å²) in [4.78, 5) is 27.1. The Kier molecular flexibility index (Phi) is 8.79. The van der Waals surface area contributed by atoms with Crippen molar-refractivity contribution in [1.29, 1.82) is 0 Å². The van der Waals surface area contributed by atoms with Gasteiger partial charge in [-0.15, -0.1) is 0 Å². The van der Waals surface area contributed by atoms with Crippen molar-refractivity contribution in [3.63, 3.8) is 0 Å². The molecule has 31 heavy (non-hydrogen) atoms. The van der Waals surface area contributed by atoms with Gasteiger partial charge in [0.1, 0.15) is 5.75 Å². The fraction of sp³-hybridized carbons (Fsp3) is 0.692. The van der Waals surface area contributed by atoms with E-state index in [2.05, 4.69) is 25.2 Å². The first-order chi connectivity index (χ1) is 14.9. The number of hydrogen-bond acceptors (Lipinski definition) is 3. The van der Waals surface area contributed by atoms with Crippen LogP contribution in [0, 0.1) is 5.92 Å². The minimum atomic E-state index is -0.512. The van der Waals surface area contributed by atoms with E-state index in [1.807, 2.05) is 30.0 Å². The van der Waals surface area contributed by atoms with E-state index in [1.54, 1.807) is 0 Å². The average Bonchev–Trinajstić information content (AvgIpc) is 2.78. The first kappa shape index (κ1) is 23.6. The monoisotopic (exact) mass is 428 g/mol. The van der Waals surface area contributed by atoms with Crippen molar-refractivity contribution in [3.05, 3.63) is 29.8 Å². The number of nitrogens with zero attached hydrogens (tertiary/aromatic N) is 1. The lowest BCUT2D eigenvalue weighted by atomic mass is 9.86. The SMILES string of the molecule is CC(Oc1ccccc1C(C)C)C(=O)N1CCC(NC(=O)CCC2CCCCC2)CC1. The van der Waals surface area contributed by atoms with Gasteiger partial charge in [0, 0.05) is 25.6 Å². The molecule has 1 aromatic rings. The van der Waals surface area contributed by atoms with Crippen molar-refractivity contribution < 1.29 is 14.3 Å². The van der Waals surface area contributed by atoms with E-state index >= 15 is 0 Å². The molecule has 5 nitrogen and oxygen atoms in total. The van der Waals surface area contributed by atoms with Crippen LogP contribution in [0.2, 0.25) is 0 Å². The molecule has 3 rings (SSSR count). The van der Waals surface area contributed by atoms with Crippen LogP contribution in [-0.2, 0) is 9.59 Å². The quantitative estimate of drug-likeness (QED) is 0.631. The summed E-state index contributed by atoms with van der Waals surface area (Å²) in [5, 5.41) is 3.20. The number of benzene rings is 1. The van der Waals surface area contributed by atoms with Gasteiger partial charge in [0.2, 0.25) is 5.91 Å². The zero-order valence-electron chi connectivity index (χ0n) is 19.6. The second kappa shape index (κ2) is 11.5. The molecule has 0 aromatic heterocycles. The molecule has 1 aromatic carbocycles. The van der Waals surface area contributed by atoms with Crippen molar-refractivity contribution in [2.75, 3.05) is 13.1 Å². The predicted octanol–water partition coefficient (Wildman–Crippen LogP) is 5.05. The first-order valence-electron chi connectivity index (χ1n) is 12.3. The number of nitrogens with one attached hydrogen (secondary N) is 1. The molecule has 1 saturated heterocycles. The van der Waals surface area contributed by atoms with Crippen molar-refractivity contribution in [2.45, 2.75) is 96.6 Å². The molecular formula is C26H40N2O3. The highest BCUT2D eigenvalue weighted by Gasteiger charge is 2.28. The summed E-state index contributed by atoms with van der Waals surface area (Å²) in [6.07, 6.45) is 9.36. The van der Waals surface area contributed by atoms with Crippen LogP contribution in [0.5, 0.6) is 5.75 Å². The number of piperidine rings is 1. The van der Waals surface area contributed by atoms with E-state index in [4.69, 9.17) is 4.74 Å². The van der Waals surface area contributed by atoms with Crippen molar-refractivity contribution >= 4 is 11.8 Å². The molecule has 2 aliphatic rings. The van der Waals surface area contributed by atoms with E-state index in [-0.39, 0.29) is 17.9 Å². The summed E-state index contributed by atoms with van der Waals surface area (Å²) in [5.41, 5.74) is 1.12. The van der Waals surface area contributed by atoms with E-state index < -0.39 is 6.10 Å². The lowest BCUT2D eigenvalue weighted by Crippen LogP contribution is -2.49. The first-order valence-corrected chi connectivity index (χ1v) is 12.3. The van der Waals surface area contributed by atoms with E-state index in [0.717, 1.165) is 36.5 Å². The molecule has 0 radical (unpaired) electrons. The van der Waals surface area contributed by atoms with Gasteiger partial charge in [-0.3, -0.25) is 9.59 Å². The van der Waals surface area contributed by atoms with Gasteiger partial charge in [-0.25, -0.2) is 0 Å². The van der Waals surface area contributed by atoms with Gasteiger partial charge >= 0.3 is 0 Å². The van der Waals surface area contributed by atoms with Crippen LogP contribution in [0.4, 0.5) is 0 Å². The summed E-state index contributed by atoms with van der Waals surface area (Å²) in [5.74, 6) is 2.08. The highest BCUT2D eigenvalue weighted by Crippen LogP contribution is 2.28. The molecule has 2 amide bonds. The number of carbonyl (C=O) groups is 2. The Morgan fingerprint density at radius 1 is 1.03 bits per heavy atom.